The third kappa shape index (κ3) is 4.52. The van der Waals surface area contributed by atoms with Gasteiger partial charge in [0.05, 0.1) is 17.9 Å². The molecule has 0 aliphatic heterocycles. The molecule has 4 rings (SSSR count). The molecule has 0 radical (unpaired) electrons. The van der Waals surface area contributed by atoms with E-state index in [1.165, 1.54) is 4.57 Å². The van der Waals surface area contributed by atoms with E-state index in [9.17, 15) is 13.2 Å². The van der Waals surface area contributed by atoms with Crippen molar-refractivity contribution in [2.75, 3.05) is 6.26 Å². The number of carbonyl (C=O) groups excluding carboxylic acids is 1. The molecule has 0 spiro atoms. The maximum atomic E-state index is 13.1. The average Bonchev–Trinajstić information content (AvgIpc) is 3.15. The Kier molecular flexibility index (Phi) is 5.89. The molecule has 156 valence electrons. The van der Waals surface area contributed by atoms with Crippen molar-refractivity contribution in [1.82, 2.24) is 9.55 Å². The predicted octanol–water partition coefficient (Wildman–Crippen LogP) is 5.27. The first kappa shape index (κ1) is 21.2. The number of nitrogens with zero attached hydrogens (tertiary/aromatic N) is 2. The minimum absolute atomic E-state index is 0.129. The standard InChI is InChI=1S/C24H19BrN2O3S/c1-31(29,30)24-26-22(18-8-4-2-5-9-18)23(19-10-6-3-7-11-19)27(24)16-21(28)17-12-14-20(25)15-13-17/h2-15H,16H2,1H3. The quantitative estimate of drug-likeness (QED) is 0.342. The Morgan fingerprint density at radius 1 is 0.871 bits per heavy atom. The first-order chi connectivity index (χ1) is 14.8. The Hall–Kier alpha value is -3.03. The zero-order chi connectivity index (χ0) is 22.0. The maximum absolute atomic E-state index is 13.1. The molecule has 0 unspecified atom stereocenters. The van der Waals surface area contributed by atoms with Gasteiger partial charge < -0.3 is 4.57 Å². The molecule has 5 nitrogen and oxygen atoms in total. The molecule has 1 aromatic heterocycles. The average molecular weight is 495 g/mol. The fourth-order valence-corrected chi connectivity index (χ4v) is 4.50. The van der Waals surface area contributed by atoms with Gasteiger partial charge in [-0.2, -0.15) is 0 Å². The van der Waals surface area contributed by atoms with Crippen molar-refractivity contribution in [3.05, 3.63) is 95.0 Å². The number of Topliss-reactive ketones (excluding diaryl/α,β-unsaturated/α-hetero) is 1. The Bertz CT molecular complexity index is 1330. The van der Waals surface area contributed by atoms with Crippen LogP contribution in [0.1, 0.15) is 10.4 Å². The van der Waals surface area contributed by atoms with Crippen LogP contribution in [0.15, 0.2) is 94.6 Å². The van der Waals surface area contributed by atoms with Gasteiger partial charge in [0.2, 0.25) is 15.0 Å². The number of imidazole rings is 1. The highest BCUT2D eigenvalue weighted by Crippen LogP contribution is 2.34. The largest absolute Gasteiger partial charge is 0.306 e. The minimum atomic E-state index is -3.69. The Labute approximate surface area is 189 Å². The van der Waals surface area contributed by atoms with Crippen molar-refractivity contribution in [2.24, 2.45) is 0 Å². The monoisotopic (exact) mass is 494 g/mol. The summed E-state index contributed by atoms with van der Waals surface area (Å²) in [5.74, 6) is -0.202. The summed E-state index contributed by atoms with van der Waals surface area (Å²) in [7, 11) is -3.69. The number of halogens is 1. The van der Waals surface area contributed by atoms with Gasteiger partial charge in [-0.05, 0) is 12.1 Å². The van der Waals surface area contributed by atoms with E-state index < -0.39 is 9.84 Å². The van der Waals surface area contributed by atoms with Crippen molar-refractivity contribution < 1.29 is 13.2 Å². The van der Waals surface area contributed by atoms with E-state index >= 15 is 0 Å². The van der Waals surface area contributed by atoms with E-state index in [0.29, 0.717) is 17.0 Å². The third-order valence-corrected chi connectivity index (χ3v) is 6.33. The van der Waals surface area contributed by atoms with E-state index in [1.54, 1.807) is 24.3 Å². The molecule has 0 atom stereocenters. The van der Waals surface area contributed by atoms with E-state index in [2.05, 4.69) is 20.9 Å². The summed E-state index contributed by atoms with van der Waals surface area (Å²) in [5, 5.41) is -0.129. The molecular formula is C24H19BrN2O3S. The SMILES string of the molecule is CS(=O)(=O)c1nc(-c2ccccc2)c(-c2ccccc2)n1CC(=O)c1ccc(Br)cc1. The number of rotatable bonds is 6. The Balaban J connectivity index is 1.94. The lowest BCUT2D eigenvalue weighted by atomic mass is 10.0. The second kappa shape index (κ2) is 8.61. The van der Waals surface area contributed by atoms with E-state index in [-0.39, 0.29) is 17.5 Å². The normalized spacial score (nSPS) is 11.4. The van der Waals surface area contributed by atoms with Crippen LogP contribution in [0.2, 0.25) is 0 Å². The van der Waals surface area contributed by atoms with Gasteiger partial charge in [-0.1, -0.05) is 88.7 Å². The zero-order valence-electron chi connectivity index (χ0n) is 16.7. The van der Waals surface area contributed by atoms with Gasteiger partial charge in [-0.15, -0.1) is 0 Å². The molecule has 0 N–H and O–H groups in total. The molecule has 1 heterocycles. The van der Waals surface area contributed by atoms with Gasteiger partial charge in [0.25, 0.3) is 0 Å². The van der Waals surface area contributed by atoms with Gasteiger partial charge in [0.15, 0.2) is 5.78 Å². The van der Waals surface area contributed by atoms with Gasteiger partial charge >= 0.3 is 0 Å². The molecule has 4 aromatic rings. The fourth-order valence-electron chi connectivity index (χ4n) is 3.42. The molecule has 0 aliphatic carbocycles. The summed E-state index contributed by atoms with van der Waals surface area (Å²) in [4.78, 5) is 17.6. The third-order valence-electron chi connectivity index (χ3n) is 4.83. The van der Waals surface area contributed by atoms with Crippen LogP contribution in [0, 0.1) is 0 Å². The fraction of sp³-hybridized carbons (Fsp3) is 0.0833. The van der Waals surface area contributed by atoms with Gasteiger partial charge in [-0.25, -0.2) is 13.4 Å². The molecule has 7 heteroatoms. The van der Waals surface area contributed by atoms with Crippen LogP contribution in [-0.2, 0) is 16.4 Å². The zero-order valence-corrected chi connectivity index (χ0v) is 19.1. The second-order valence-corrected chi connectivity index (χ2v) is 9.94. The van der Waals surface area contributed by atoms with Crippen LogP contribution in [0.5, 0.6) is 0 Å². The number of ketones is 1. The van der Waals surface area contributed by atoms with Crippen LogP contribution < -0.4 is 0 Å². The molecule has 0 aliphatic rings. The van der Waals surface area contributed by atoms with E-state index in [1.807, 2.05) is 60.7 Å². The first-order valence-electron chi connectivity index (χ1n) is 9.55. The smallest absolute Gasteiger partial charge is 0.228 e. The summed E-state index contributed by atoms with van der Waals surface area (Å²) in [6.45, 7) is -0.145. The summed E-state index contributed by atoms with van der Waals surface area (Å²) in [6.07, 6.45) is 1.11. The minimum Gasteiger partial charge on any atom is -0.306 e. The highest BCUT2D eigenvalue weighted by Gasteiger charge is 2.27. The first-order valence-corrected chi connectivity index (χ1v) is 12.2. The van der Waals surface area contributed by atoms with Crippen LogP contribution >= 0.6 is 15.9 Å². The molecule has 0 amide bonds. The molecule has 0 bridgehead atoms. The van der Waals surface area contributed by atoms with Crippen molar-refractivity contribution in [3.8, 4) is 22.5 Å². The van der Waals surface area contributed by atoms with Crippen LogP contribution in [0.3, 0.4) is 0 Å². The lowest BCUT2D eigenvalue weighted by Crippen LogP contribution is -2.16. The number of benzene rings is 3. The van der Waals surface area contributed by atoms with Crippen LogP contribution in [-0.4, -0.2) is 30.0 Å². The number of hydrogen-bond acceptors (Lipinski definition) is 4. The summed E-state index contributed by atoms with van der Waals surface area (Å²) in [5.41, 5.74) is 3.18. The topological polar surface area (TPSA) is 69.0 Å². The number of hydrogen-bond donors (Lipinski definition) is 0. The molecule has 0 fully saturated rings. The lowest BCUT2D eigenvalue weighted by Gasteiger charge is -2.12. The highest BCUT2D eigenvalue weighted by atomic mass is 79.9. The predicted molar refractivity (Wildman–Crippen MR) is 125 cm³/mol. The second-order valence-electron chi connectivity index (χ2n) is 7.11. The molecular weight excluding hydrogens is 476 g/mol. The Morgan fingerprint density at radius 2 is 1.42 bits per heavy atom. The van der Waals surface area contributed by atoms with Gasteiger partial charge in [0, 0.05) is 27.4 Å². The van der Waals surface area contributed by atoms with E-state index in [0.717, 1.165) is 21.9 Å². The lowest BCUT2D eigenvalue weighted by molar-refractivity contribution is 0.0969. The van der Waals surface area contributed by atoms with Gasteiger partial charge in [0.1, 0.15) is 0 Å². The summed E-state index contributed by atoms with van der Waals surface area (Å²) in [6, 6.07) is 25.8. The van der Waals surface area contributed by atoms with Crippen molar-refractivity contribution in [1.29, 1.82) is 0 Å². The number of aromatic nitrogens is 2. The Morgan fingerprint density at radius 3 is 1.97 bits per heavy atom. The molecule has 0 saturated heterocycles. The van der Waals surface area contributed by atoms with Crippen molar-refractivity contribution in [2.45, 2.75) is 11.7 Å². The number of carbonyl (C=O) groups is 1. The van der Waals surface area contributed by atoms with Crippen LogP contribution in [0.4, 0.5) is 0 Å². The van der Waals surface area contributed by atoms with Gasteiger partial charge in [-0.3, -0.25) is 4.79 Å². The van der Waals surface area contributed by atoms with Crippen molar-refractivity contribution >= 4 is 31.6 Å². The molecule has 31 heavy (non-hydrogen) atoms. The maximum Gasteiger partial charge on any atom is 0.228 e. The molecule has 3 aromatic carbocycles. The van der Waals surface area contributed by atoms with Crippen molar-refractivity contribution in [3.63, 3.8) is 0 Å². The highest BCUT2D eigenvalue weighted by molar-refractivity contribution is 9.10. The molecule has 0 saturated carbocycles. The van der Waals surface area contributed by atoms with E-state index in [4.69, 9.17) is 0 Å². The summed E-state index contributed by atoms with van der Waals surface area (Å²) >= 11 is 3.36. The summed E-state index contributed by atoms with van der Waals surface area (Å²) < 4.78 is 27.7. The van der Waals surface area contributed by atoms with Crippen LogP contribution in [0.25, 0.3) is 22.5 Å². The number of sulfone groups is 1.